The van der Waals surface area contributed by atoms with Gasteiger partial charge < -0.3 is 15.0 Å². The summed E-state index contributed by atoms with van der Waals surface area (Å²) >= 11 is 0. The van der Waals surface area contributed by atoms with Gasteiger partial charge in [-0.15, -0.1) is 0 Å². The zero-order chi connectivity index (χ0) is 19.5. The molecule has 0 bridgehead atoms. The van der Waals surface area contributed by atoms with Gasteiger partial charge in [-0.25, -0.2) is 9.67 Å². The Balaban J connectivity index is 1.49. The number of nitrogens with zero attached hydrogens (tertiary/aromatic N) is 3. The number of carbonyl (C=O) groups is 1. The molecule has 0 atom stereocenters. The Bertz CT molecular complexity index is 1210. The first kappa shape index (κ1) is 17.5. The van der Waals surface area contributed by atoms with Crippen LogP contribution in [0.2, 0.25) is 0 Å². The highest BCUT2D eigenvalue weighted by Crippen LogP contribution is 2.16. The third-order valence-electron chi connectivity index (χ3n) is 4.22. The Kier molecular flexibility index (Phi) is 4.59. The molecule has 2 aromatic heterocycles. The molecule has 140 valence electrons. The SMILES string of the molecule is COc1cccc(-n2cc(CNC(=O)c3nc4ccccc4[nH]c3=O)cn2)c1. The smallest absolute Gasteiger partial charge is 0.280 e. The number of aromatic nitrogens is 4. The van der Waals surface area contributed by atoms with Crippen LogP contribution in [0.5, 0.6) is 5.75 Å². The number of nitrogens with one attached hydrogen (secondary N) is 2. The highest BCUT2D eigenvalue weighted by atomic mass is 16.5. The van der Waals surface area contributed by atoms with E-state index in [9.17, 15) is 9.59 Å². The average Bonchev–Trinajstić information content (AvgIpc) is 3.20. The van der Waals surface area contributed by atoms with E-state index in [1.165, 1.54) is 0 Å². The molecular formula is C20H17N5O3. The summed E-state index contributed by atoms with van der Waals surface area (Å²) in [6.07, 6.45) is 3.45. The predicted octanol–water partition coefficient (Wildman–Crippen LogP) is 2.05. The third-order valence-corrected chi connectivity index (χ3v) is 4.22. The first-order chi connectivity index (χ1) is 13.6. The number of H-pyrrole nitrogens is 1. The lowest BCUT2D eigenvalue weighted by molar-refractivity contribution is 0.0944. The van der Waals surface area contributed by atoms with Gasteiger partial charge in [0.1, 0.15) is 5.75 Å². The summed E-state index contributed by atoms with van der Waals surface area (Å²) in [7, 11) is 1.60. The lowest BCUT2D eigenvalue weighted by Gasteiger charge is -2.05. The molecule has 0 saturated carbocycles. The number of amides is 1. The van der Waals surface area contributed by atoms with Crippen LogP contribution in [0.1, 0.15) is 16.1 Å². The summed E-state index contributed by atoms with van der Waals surface area (Å²) in [5.74, 6) is 0.186. The van der Waals surface area contributed by atoms with E-state index in [1.54, 1.807) is 48.5 Å². The van der Waals surface area contributed by atoms with Crippen molar-refractivity contribution in [2.24, 2.45) is 0 Å². The Morgan fingerprint density at radius 2 is 2.07 bits per heavy atom. The molecule has 2 N–H and O–H groups in total. The third kappa shape index (κ3) is 3.48. The summed E-state index contributed by atoms with van der Waals surface area (Å²) in [5, 5.41) is 7.01. The van der Waals surface area contributed by atoms with Crippen molar-refractivity contribution in [2.75, 3.05) is 7.11 Å². The molecule has 8 heteroatoms. The minimum Gasteiger partial charge on any atom is -0.497 e. The molecule has 0 radical (unpaired) electrons. The number of hydrogen-bond donors (Lipinski definition) is 2. The van der Waals surface area contributed by atoms with Gasteiger partial charge in [0.25, 0.3) is 11.5 Å². The van der Waals surface area contributed by atoms with E-state index in [0.717, 1.165) is 17.0 Å². The number of methoxy groups -OCH3 is 1. The van der Waals surface area contributed by atoms with Gasteiger partial charge in [0.2, 0.25) is 0 Å². The van der Waals surface area contributed by atoms with Crippen LogP contribution in [-0.4, -0.2) is 32.8 Å². The molecule has 0 aliphatic carbocycles. The Morgan fingerprint density at radius 1 is 1.21 bits per heavy atom. The van der Waals surface area contributed by atoms with Crippen LogP contribution in [0.15, 0.2) is 65.7 Å². The molecule has 0 aliphatic heterocycles. The molecule has 0 fully saturated rings. The largest absolute Gasteiger partial charge is 0.497 e. The van der Waals surface area contributed by atoms with Crippen LogP contribution in [-0.2, 0) is 6.54 Å². The number of aromatic amines is 1. The van der Waals surface area contributed by atoms with Gasteiger partial charge in [0, 0.05) is 24.4 Å². The second-order valence-electron chi connectivity index (χ2n) is 6.11. The zero-order valence-electron chi connectivity index (χ0n) is 15.0. The first-order valence-electron chi connectivity index (χ1n) is 8.59. The fraction of sp³-hybridized carbons (Fsp3) is 0.100. The minimum atomic E-state index is -0.541. The number of carbonyl (C=O) groups excluding carboxylic acids is 1. The molecule has 1 amide bonds. The molecule has 0 saturated heterocycles. The lowest BCUT2D eigenvalue weighted by Crippen LogP contribution is -2.30. The number of ether oxygens (including phenoxy) is 1. The van der Waals surface area contributed by atoms with Crippen LogP contribution in [0.3, 0.4) is 0 Å². The second kappa shape index (κ2) is 7.36. The molecule has 0 aliphatic rings. The predicted molar refractivity (Wildman–Crippen MR) is 104 cm³/mol. The van der Waals surface area contributed by atoms with Crippen molar-refractivity contribution in [2.45, 2.75) is 6.54 Å². The van der Waals surface area contributed by atoms with E-state index in [-0.39, 0.29) is 12.2 Å². The number of rotatable bonds is 5. The van der Waals surface area contributed by atoms with E-state index in [0.29, 0.717) is 11.0 Å². The highest BCUT2D eigenvalue weighted by molar-refractivity contribution is 5.93. The molecule has 8 nitrogen and oxygen atoms in total. The molecular weight excluding hydrogens is 358 g/mol. The van der Waals surface area contributed by atoms with Crippen molar-refractivity contribution in [3.63, 3.8) is 0 Å². The standard InChI is InChI=1S/C20H17N5O3/c1-28-15-6-4-5-14(9-15)25-12-13(11-22-25)10-21-19(26)18-20(27)24-17-8-3-2-7-16(17)23-18/h2-9,11-12H,10H2,1H3,(H,21,26)(H,24,27). The van der Waals surface area contributed by atoms with Crippen LogP contribution in [0, 0.1) is 0 Å². The van der Waals surface area contributed by atoms with Gasteiger partial charge in [-0.1, -0.05) is 18.2 Å². The number of para-hydroxylation sites is 2. The topological polar surface area (TPSA) is 102 Å². The Labute approximate surface area is 159 Å². The van der Waals surface area contributed by atoms with Gasteiger partial charge in [0.15, 0.2) is 5.69 Å². The van der Waals surface area contributed by atoms with E-state index in [2.05, 4.69) is 20.4 Å². The quantitative estimate of drug-likeness (QED) is 0.556. The molecule has 0 spiro atoms. The monoisotopic (exact) mass is 375 g/mol. The highest BCUT2D eigenvalue weighted by Gasteiger charge is 2.14. The van der Waals surface area contributed by atoms with Crippen molar-refractivity contribution >= 4 is 16.9 Å². The number of benzene rings is 2. The Hall–Kier alpha value is -3.94. The van der Waals surface area contributed by atoms with Crippen molar-refractivity contribution in [3.8, 4) is 11.4 Å². The first-order valence-corrected chi connectivity index (χ1v) is 8.59. The van der Waals surface area contributed by atoms with Gasteiger partial charge in [-0.2, -0.15) is 5.10 Å². The van der Waals surface area contributed by atoms with E-state index < -0.39 is 11.5 Å². The normalized spacial score (nSPS) is 10.8. The van der Waals surface area contributed by atoms with E-state index >= 15 is 0 Å². The lowest BCUT2D eigenvalue weighted by atomic mass is 10.3. The molecule has 2 aromatic carbocycles. The Morgan fingerprint density at radius 3 is 2.93 bits per heavy atom. The van der Waals surface area contributed by atoms with Gasteiger partial charge in [-0.3, -0.25) is 9.59 Å². The zero-order valence-corrected chi connectivity index (χ0v) is 15.0. The maximum atomic E-state index is 12.4. The second-order valence-corrected chi connectivity index (χ2v) is 6.11. The fourth-order valence-corrected chi connectivity index (χ4v) is 2.80. The number of hydrogen-bond acceptors (Lipinski definition) is 5. The van der Waals surface area contributed by atoms with Crippen molar-refractivity contribution in [3.05, 3.63) is 82.5 Å². The molecule has 0 unspecified atom stereocenters. The minimum absolute atomic E-state index is 0.168. The summed E-state index contributed by atoms with van der Waals surface area (Å²) in [6.45, 7) is 0.219. The van der Waals surface area contributed by atoms with Gasteiger partial charge >= 0.3 is 0 Å². The van der Waals surface area contributed by atoms with Crippen LogP contribution < -0.4 is 15.6 Å². The summed E-state index contributed by atoms with van der Waals surface area (Å²) in [6, 6.07) is 14.5. The molecule has 4 aromatic rings. The summed E-state index contributed by atoms with van der Waals surface area (Å²) in [4.78, 5) is 31.4. The van der Waals surface area contributed by atoms with E-state index in [4.69, 9.17) is 4.74 Å². The molecule has 28 heavy (non-hydrogen) atoms. The summed E-state index contributed by atoms with van der Waals surface area (Å²) in [5.41, 5.74) is 2.07. The number of fused-ring (bicyclic) bond motifs is 1. The van der Waals surface area contributed by atoms with Crippen molar-refractivity contribution in [1.82, 2.24) is 25.1 Å². The van der Waals surface area contributed by atoms with Crippen molar-refractivity contribution in [1.29, 1.82) is 0 Å². The van der Waals surface area contributed by atoms with Crippen LogP contribution in [0.4, 0.5) is 0 Å². The van der Waals surface area contributed by atoms with Gasteiger partial charge in [0.05, 0.1) is 30.0 Å². The maximum Gasteiger partial charge on any atom is 0.280 e. The van der Waals surface area contributed by atoms with Gasteiger partial charge in [-0.05, 0) is 24.3 Å². The van der Waals surface area contributed by atoms with Crippen molar-refractivity contribution < 1.29 is 9.53 Å². The van der Waals surface area contributed by atoms with Crippen LogP contribution >= 0.6 is 0 Å². The fourth-order valence-electron chi connectivity index (χ4n) is 2.80. The summed E-state index contributed by atoms with van der Waals surface area (Å²) < 4.78 is 6.90. The van der Waals surface area contributed by atoms with E-state index in [1.807, 2.05) is 24.3 Å². The van der Waals surface area contributed by atoms with Crippen LogP contribution in [0.25, 0.3) is 16.7 Å². The molecule has 2 heterocycles. The average molecular weight is 375 g/mol. The molecule has 4 rings (SSSR count). The maximum absolute atomic E-state index is 12.4.